The lowest BCUT2D eigenvalue weighted by atomic mass is 9.66. The molecule has 4 fully saturated rings. The highest BCUT2D eigenvalue weighted by Crippen LogP contribution is 2.47. The number of hydrogen-bond donors (Lipinski definition) is 0. The lowest BCUT2D eigenvalue weighted by molar-refractivity contribution is -0.944. The van der Waals surface area contributed by atoms with Gasteiger partial charge in [0.1, 0.15) is 5.60 Å². The van der Waals surface area contributed by atoms with E-state index in [1.54, 1.807) is 0 Å². The third-order valence-electron chi connectivity index (χ3n) is 10.3. The molecule has 2 bridgehead atoms. The molecule has 254 valence electrons. The van der Waals surface area contributed by atoms with Crippen LogP contribution in [0.25, 0.3) is 0 Å². The first-order valence-electron chi connectivity index (χ1n) is 15.2. The van der Waals surface area contributed by atoms with Gasteiger partial charge in [-0.2, -0.15) is 26.3 Å². The second-order valence-corrected chi connectivity index (χ2v) is 12.9. The Balaban J connectivity index is 0.00000433. The molecule has 4 aliphatic rings. The first-order chi connectivity index (χ1) is 21.6. The fourth-order valence-electron chi connectivity index (χ4n) is 7.51. The zero-order valence-corrected chi connectivity index (χ0v) is 26.0. The van der Waals surface area contributed by atoms with E-state index in [0.717, 1.165) is 60.4 Å². The number of benzene rings is 3. The molecule has 3 aromatic carbocycles. The van der Waals surface area contributed by atoms with Crippen LogP contribution in [-0.4, -0.2) is 61.2 Å². The maximum Gasteiger partial charge on any atom is 0.416 e. The average Bonchev–Trinajstić information content (AvgIpc) is 3.05. The van der Waals surface area contributed by atoms with E-state index < -0.39 is 52.2 Å². The summed E-state index contributed by atoms with van der Waals surface area (Å²) in [6.07, 6.45) is -7.05. The van der Waals surface area contributed by atoms with E-state index in [1.165, 1.54) is 11.6 Å². The molecule has 13 heteroatoms. The molecule has 1 amide bonds. The molecule has 4 aliphatic heterocycles. The van der Waals surface area contributed by atoms with Crippen LogP contribution in [0.2, 0.25) is 0 Å². The normalized spacial score (nSPS) is 26.2. The first-order valence-corrected chi connectivity index (χ1v) is 15.2. The average molecular weight is 689 g/mol. The zero-order valence-electron chi connectivity index (χ0n) is 25.2. The van der Waals surface area contributed by atoms with Crippen LogP contribution < -0.4 is 12.4 Å². The molecule has 7 rings (SSSR count). The van der Waals surface area contributed by atoms with Crippen molar-refractivity contribution in [3.63, 3.8) is 0 Å². The molecule has 47 heavy (non-hydrogen) atoms. The summed E-state index contributed by atoms with van der Waals surface area (Å²) in [4.78, 5) is 14.7. The number of nitrogens with zero attached hydrogens (tertiary/aromatic N) is 2. The standard InChI is InChI=1S/C34H33F8N2O2.ClH/c35-28-7-6-25(21-29(28)36)32(11-16-44-13-8-31(9-14-44,10-15-44)24-4-2-1-3-5-24)22-43(12-17-46-32)30(45)23-18-26(33(37,38)39)20-27(19-23)34(40,41)42;/h1-7,18-21H,8-17,22H2;1H/q+1;/p-1. The minimum absolute atomic E-state index is 0. The minimum Gasteiger partial charge on any atom is -1.00 e. The maximum absolute atomic E-state index is 14.6. The summed E-state index contributed by atoms with van der Waals surface area (Å²) in [5, 5.41) is 0. The third-order valence-corrected chi connectivity index (χ3v) is 10.3. The Labute approximate surface area is 273 Å². The highest BCUT2D eigenvalue weighted by molar-refractivity contribution is 5.95. The van der Waals surface area contributed by atoms with Gasteiger partial charge < -0.3 is 26.5 Å². The summed E-state index contributed by atoms with van der Waals surface area (Å²) < 4.78 is 117. The van der Waals surface area contributed by atoms with E-state index in [1.807, 2.05) is 18.2 Å². The van der Waals surface area contributed by atoms with Crippen LogP contribution in [0.4, 0.5) is 35.1 Å². The maximum atomic E-state index is 14.6. The van der Waals surface area contributed by atoms with E-state index in [0.29, 0.717) is 18.7 Å². The molecule has 0 radical (unpaired) electrons. The molecule has 3 aromatic rings. The number of halogens is 9. The van der Waals surface area contributed by atoms with Gasteiger partial charge in [-0.25, -0.2) is 8.78 Å². The van der Waals surface area contributed by atoms with Crippen molar-refractivity contribution in [2.75, 3.05) is 45.9 Å². The summed E-state index contributed by atoms with van der Waals surface area (Å²) in [7, 11) is 0. The van der Waals surface area contributed by atoms with Gasteiger partial charge in [0.2, 0.25) is 0 Å². The summed E-state index contributed by atoms with van der Waals surface area (Å²) in [5.41, 5.74) is -3.66. The number of rotatable bonds is 6. The number of piperidine rings is 3. The number of amides is 1. The predicted octanol–water partition coefficient (Wildman–Crippen LogP) is 4.72. The van der Waals surface area contributed by atoms with Crippen molar-refractivity contribution in [2.24, 2.45) is 0 Å². The summed E-state index contributed by atoms with van der Waals surface area (Å²) in [6, 6.07) is 14.5. The summed E-state index contributed by atoms with van der Waals surface area (Å²) in [5.74, 6) is -3.26. The second-order valence-electron chi connectivity index (χ2n) is 12.9. The smallest absolute Gasteiger partial charge is 0.416 e. The first kappa shape index (κ1) is 35.1. The SMILES string of the molecule is O=C(c1cc(C(F)(F)F)cc(C(F)(F)F)c1)N1CCOC(CC[N+]23CCC(c4ccccc4)(CC2)CC3)(c2ccc(F)c(F)c2)C1.[Cl-]. The van der Waals surface area contributed by atoms with E-state index in [9.17, 15) is 39.9 Å². The molecule has 0 saturated carbocycles. The number of fused-ring (bicyclic) bond motifs is 3. The largest absolute Gasteiger partial charge is 1.00 e. The van der Waals surface area contributed by atoms with Gasteiger partial charge in [-0.3, -0.25) is 4.79 Å². The molecule has 0 aromatic heterocycles. The van der Waals surface area contributed by atoms with Gasteiger partial charge in [-0.1, -0.05) is 36.4 Å². The van der Waals surface area contributed by atoms with E-state index in [-0.39, 0.29) is 55.6 Å². The number of carbonyl (C=O) groups is 1. The third kappa shape index (κ3) is 6.87. The molecular weight excluding hydrogens is 656 g/mol. The molecule has 4 heterocycles. The van der Waals surface area contributed by atoms with Gasteiger partial charge in [0.25, 0.3) is 5.91 Å². The molecule has 4 saturated heterocycles. The minimum atomic E-state index is -5.12. The highest BCUT2D eigenvalue weighted by Gasteiger charge is 2.51. The lowest BCUT2D eigenvalue weighted by Crippen LogP contribution is -3.00. The van der Waals surface area contributed by atoms with Crippen molar-refractivity contribution in [3.05, 3.63) is 106 Å². The van der Waals surface area contributed by atoms with Crippen LogP contribution in [0.3, 0.4) is 0 Å². The predicted molar refractivity (Wildman–Crippen MR) is 153 cm³/mol. The number of carbonyl (C=O) groups excluding carboxylic acids is 1. The summed E-state index contributed by atoms with van der Waals surface area (Å²) in [6.45, 7) is 2.76. The van der Waals surface area contributed by atoms with Gasteiger partial charge >= 0.3 is 12.4 Å². The fraction of sp³-hybridized carbons (Fsp3) is 0.441. The fourth-order valence-corrected chi connectivity index (χ4v) is 7.51. The van der Waals surface area contributed by atoms with Crippen LogP contribution in [0.15, 0.2) is 66.7 Å². The topological polar surface area (TPSA) is 29.5 Å². The Bertz CT molecular complexity index is 1560. The molecular formula is C34H33ClF8N2O2. The number of alkyl halides is 6. The van der Waals surface area contributed by atoms with Crippen LogP contribution in [0.1, 0.15) is 58.3 Å². The number of morpholine rings is 1. The van der Waals surface area contributed by atoms with Crippen molar-refractivity contribution in [2.45, 2.75) is 49.1 Å². The Morgan fingerprint density at radius 2 is 1.38 bits per heavy atom. The highest BCUT2D eigenvalue weighted by atomic mass is 35.5. The van der Waals surface area contributed by atoms with Crippen molar-refractivity contribution in [1.82, 2.24) is 4.90 Å². The van der Waals surface area contributed by atoms with Crippen LogP contribution in [0, 0.1) is 11.6 Å². The van der Waals surface area contributed by atoms with E-state index in [2.05, 4.69) is 12.1 Å². The Morgan fingerprint density at radius 3 is 1.94 bits per heavy atom. The lowest BCUT2D eigenvalue weighted by Gasteiger charge is -2.56. The van der Waals surface area contributed by atoms with Crippen LogP contribution in [0.5, 0.6) is 0 Å². The van der Waals surface area contributed by atoms with Gasteiger partial charge in [0.15, 0.2) is 11.6 Å². The van der Waals surface area contributed by atoms with Gasteiger partial charge in [0.05, 0.1) is 50.5 Å². The Hall–Kier alpha value is -3.22. The van der Waals surface area contributed by atoms with Crippen molar-refractivity contribution in [3.8, 4) is 0 Å². The van der Waals surface area contributed by atoms with Crippen LogP contribution in [-0.2, 0) is 28.1 Å². The van der Waals surface area contributed by atoms with Crippen molar-refractivity contribution >= 4 is 5.91 Å². The van der Waals surface area contributed by atoms with E-state index >= 15 is 0 Å². The zero-order chi connectivity index (χ0) is 33.0. The molecule has 0 spiro atoms. The van der Waals surface area contributed by atoms with Crippen molar-refractivity contribution < 1.29 is 61.5 Å². The second kappa shape index (κ2) is 12.7. The van der Waals surface area contributed by atoms with E-state index in [4.69, 9.17) is 4.74 Å². The van der Waals surface area contributed by atoms with Crippen molar-refractivity contribution in [1.29, 1.82) is 0 Å². The Kier molecular flexibility index (Phi) is 9.46. The van der Waals surface area contributed by atoms with Gasteiger partial charge in [0, 0.05) is 43.2 Å². The molecule has 0 N–H and O–H groups in total. The van der Waals surface area contributed by atoms with Crippen LogP contribution >= 0.6 is 0 Å². The number of ether oxygens (including phenoxy) is 1. The molecule has 1 atom stereocenters. The molecule has 0 aliphatic carbocycles. The van der Waals surface area contributed by atoms with Gasteiger partial charge in [-0.05, 0) is 41.5 Å². The Morgan fingerprint density at radius 1 is 0.787 bits per heavy atom. The monoisotopic (exact) mass is 688 g/mol. The molecule has 1 unspecified atom stereocenters. The summed E-state index contributed by atoms with van der Waals surface area (Å²) >= 11 is 0. The quantitative estimate of drug-likeness (QED) is 0.278. The molecule has 4 nitrogen and oxygen atoms in total. The number of quaternary nitrogens is 1. The number of hydrogen-bond acceptors (Lipinski definition) is 2. The van der Waals surface area contributed by atoms with Gasteiger partial charge in [-0.15, -0.1) is 0 Å².